The maximum absolute atomic E-state index is 12.7. The molecule has 1 aliphatic heterocycles. The van der Waals surface area contributed by atoms with E-state index < -0.39 is 0 Å². The number of amidine groups is 1. The summed E-state index contributed by atoms with van der Waals surface area (Å²) in [5.41, 5.74) is 7.22. The van der Waals surface area contributed by atoms with Gasteiger partial charge in [-0.15, -0.1) is 0 Å². The number of oxime groups is 1. The quantitative estimate of drug-likeness (QED) is 0.383. The Balaban J connectivity index is 2.21. The van der Waals surface area contributed by atoms with Crippen LogP contribution < -0.4 is 10.5 Å². The summed E-state index contributed by atoms with van der Waals surface area (Å²) in [6.45, 7) is 3.07. The highest BCUT2D eigenvalue weighted by Crippen LogP contribution is 2.24. The van der Waals surface area contributed by atoms with Crippen molar-refractivity contribution in [2.75, 3.05) is 20.2 Å². The minimum atomic E-state index is -0.0940. The van der Waals surface area contributed by atoms with Crippen LogP contribution >= 0.6 is 0 Å². The maximum Gasteiger partial charge on any atom is 0.257 e. The zero-order chi connectivity index (χ0) is 15.4. The highest BCUT2D eigenvalue weighted by molar-refractivity contribution is 5.97. The van der Waals surface area contributed by atoms with Crippen LogP contribution in [0.3, 0.4) is 0 Å². The van der Waals surface area contributed by atoms with Gasteiger partial charge in [-0.05, 0) is 31.9 Å². The SMILES string of the molecule is COc1ccc(C)cc1C(=O)N1CCCC(C(N)=NO)C1. The molecule has 0 saturated carbocycles. The molecule has 1 unspecified atom stereocenters. The van der Waals surface area contributed by atoms with Gasteiger partial charge >= 0.3 is 0 Å². The molecule has 114 valence electrons. The zero-order valence-electron chi connectivity index (χ0n) is 12.4. The van der Waals surface area contributed by atoms with E-state index in [1.165, 1.54) is 0 Å². The Bertz CT molecular complexity index is 557. The van der Waals surface area contributed by atoms with Crippen molar-refractivity contribution in [1.29, 1.82) is 0 Å². The smallest absolute Gasteiger partial charge is 0.257 e. The largest absolute Gasteiger partial charge is 0.496 e. The summed E-state index contributed by atoms with van der Waals surface area (Å²) >= 11 is 0. The molecule has 3 N–H and O–H groups in total. The summed E-state index contributed by atoms with van der Waals surface area (Å²) < 4.78 is 5.27. The van der Waals surface area contributed by atoms with Crippen molar-refractivity contribution in [3.05, 3.63) is 29.3 Å². The van der Waals surface area contributed by atoms with E-state index in [2.05, 4.69) is 5.16 Å². The molecule has 0 radical (unpaired) electrons. The van der Waals surface area contributed by atoms with Crippen LogP contribution in [0.2, 0.25) is 0 Å². The number of methoxy groups -OCH3 is 1. The number of aryl methyl sites for hydroxylation is 1. The van der Waals surface area contributed by atoms with Crippen LogP contribution in [0.4, 0.5) is 0 Å². The summed E-state index contributed by atoms with van der Waals surface area (Å²) in [4.78, 5) is 14.4. The van der Waals surface area contributed by atoms with Crippen molar-refractivity contribution < 1.29 is 14.7 Å². The van der Waals surface area contributed by atoms with E-state index in [1.54, 1.807) is 18.1 Å². The fourth-order valence-electron chi connectivity index (χ4n) is 2.64. The first-order valence-electron chi connectivity index (χ1n) is 6.98. The summed E-state index contributed by atoms with van der Waals surface area (Å²) in [6, 6.07) is 5.53. The number of nitrogens with two attached hydrogens (primary N) is 1. The number of likely N-dealkylation sites (tertiary alicyclic amines) is 1. The summed E-state index contributed by atoms with van der Waals surface area (Å²) in [5, 5.41) is 11.8. The lowest BCUT2D eigenvalue weighted by atomic mass is 9.96. The van der Waals surface area contributed by atoms with Gasteiger partial charge in [-0.25, -0.2) is 0 Å². The first kappa shape index (κ1) is 15.2. The second-order valence-corrected chi connectivity index (χ2v) is 5.32. The molecule has 6 heteroatoms. The van der Waals surface area contributed by atoms with Crippen molar-refractivity contribution in [1.82, 2.24) is 4.90 Å². The van der Waals surface area contributed by atoms with E-state index in [1.807, 2.05) is 19.1 Å². The Kier molecular flexibility index (Phi) is 4.67. The molecular formula is C15H21N3O3. The molecule has 1 saturated heterocycles. The van der Waals surface area contributed by atoms with Crippen LogP contribution in [0.15, 0.2) is 23.4 Å². The molecule has 1 aliphatic rings. The third-order valence-corrected chi connectivity index (χ3v) is 3.83. The Morgan fingerprint density at radius 2 is 2.29 bits per heavy atom. The number of nitrogens with zero attached hydrogens (tertiary/aromatic N) is 2. The summed E-state index contributed by atoms with van der Waals surface area (Å²) in [5.74, 6) is 0.578. The van der Waals surface area contributed by atoms with Crippen molar-refractivity contribution in [3.8, 4) is 5.75 Å². The second kappa shape index (κ2) is 6.47. The van der Waals surface area contributed by atoms with E-state index in [0.717, 1.165) is 18.4 Å². The Hall–Kier alpha value is -2.24. The van der Waals surface area contributed by atoms with Gasteiger partial charge in [0.05, 0.1) is 12.7 Å². The fraction of sp³-hybridized carbons (Fsp3) is 0.467. The molecule has 1 heterocycles. The Morgan fingerprint density at radius 3 is 2.95 bits per heavy atom. The topological polar surface area (TPSA) is 88.2 Å². The van der Waals surface area contributed by atoms with Crippen LogP contribution in [0.5, 0.6) is 5.75 Å². The Labute approximate surface area is 124 Å². The molecule has 1 fully saturated rings. The first-order valence-corrected chi connectivity index (χ1v) is 6.98. The zero-order valence-corrected chi connectivity index (χ0v) is 12.4. The molecule has 21 heavy (non-hydrogen) atoms. The standard InChI is InChI=1S/C15H21N3O3/c1-10-5-6-13(21-2)12(8-10)15(19)18-7-3-4-11(9-18)14(16)17-20/h5-6,8,11,20H,3-4,7,9H2,1-2H3,(H2,16,17). The molecule has 6 nitrogen and oxygen atoms in total. The van der Waals surface area contributed by atoms with E-state index in [4.69, 9.17) is 15.7 Å². The summed E-state index contributed by atoms with van der Waals surface area (Å²) in [7, 11) is 1.55. The molecule has 0 aliphatic carbocycles. The first-order chi connectivity index (χ1) is 10.1. The van der Waals surface area contributed by atoms with E-state index >= 15 is 0 Å². The molecule has 1 atom stereocenters. The minimum absolute atomic E-state index is 0.0778. The molecule has 2 rings (SSSR count). The van der Waals surface area contributed by atoms with Gasteiger partial charge in [0.15, 0.2) is 0 Å². The van der Waals surface area contributed by atoms with Gasteiger partial charge in [-0.3, -0.25) is 4.79 Å². The number of amides is 1. The number of carbonyl (C=O) groups excluding carboxylic acids is 1. The highest BCUT2D eigenvalue weighted by atomic mass is 16.5. The molecule has 1 aromatic rings. The highest BCUT2D eigenvalue weighted by Gasteiger charge is 2.28. The second-order valence-electron chi connectivity index (χ2n) is 5.32. The van der Waals surface area contributed by atoms with Crippen LogP contribution in [-0.2, 0) is 0 Å². The third-order valence-electron chi connectivity index (χ3n) is 3.83. The number of rotatable bonds is 3. The van der Waals surface area contributed by atoms with Crippen molar-refractivity contribution in [2.24, 2.45) is 16.8 Å². The number of carbonyl (C=O) groups is 1. The van der Waals surface area contributed by atoms with E-state index in [9.17, 15) is 4.79 Å². The average Bonchev–Trinajstić information content (AvgIpc) is 2.53. The van der Waals surface area contributed by atoms with Crippen LogP contribution in [0.1, 0.15) is 28.8 Å². The van der Waals surface area contributed by atoms with Crippen molar-refractivity contribution >= 4 is 11.7 Å². The van der Waals surface area contributed by atoms with Gasteiger partial charge in [-0.2, -0.15) is 0 Å². The number of hydrogen-bond donors (Lipinski definition) is 2. The van der Waals surface area contributed by atoms with Gasteiger partial charge in [0.1, 0.15) is 11.6 Å². The van der Waals surface area contributed by atoms with Gasteiger partial charge in [-0.1, -0.05) is 16.8 Å². The predicted octanol–water partition coefficient (Wildman–Crippen LogP) is 1.60. The summed E-state index contributed by atoms with van der Waals surface area (Å²) in [6.07, 6.45) is 1.66. The lowest BCUT2D eigenvalue weighted by molar-refractivity contribution is 0.0698. The van der Waals surface area contributed by atoms with Crippen molar-refractivity contribution in [2.45, 2.75) is 19.8 Å². The van der Waals surface area contributed by atoms with E-state index in [-0.39, 0.29) is 17.7 Å². The Morgan fingerprint density at radius 1 is 1.52 bits per heavy atom. The number of piperidine rings is 1. The van der Waals surface area contributed by atoms with E-state index in [0.29, 0.717) is 24.4 Å². The number of hydrogen-bond acceptors (Lipinski definition) is 4. The third kappa shape index (κ3) is 3.26. The minimum Gasteiger partial charge on any atom is -0.496 e. The van der Waals surface area contributed by atoms with Gasteiger partial charge in [0.25, 0.3) is 5.91 Å². The fourth-order valence-corrected chi connectivity index (χ4v) is 2.64. The van der Waals surface area contributed by atoms with Crippen LogP contribution in [0, 0.1) is 12.8 Å². The molecule has 1 aromatic carbocycles. The number of benzene rings is 1. The normalized spacial score (nSPS) is 19.4. The number of ether oxygens (including phenoxy) is 1. The lowest BCUT2D eigenvalue weighted by Gasteiger charge is -2.32. The molecular weight excluding hydrogens is 270 g/mol. The molecule has 1 amide bonds. The molecule has 0 spiro atoms. The van der Waals surface area contributed by atoms with Crippen molar-refractivity contribution in [3.63, 3.8) is 0 Å². The predicted molar refractivity (Wildman–Crippen MR) is 79.8 cm³/mol. The molecule has 0 aromatic heterocycles. The van der Waals surface area contributed by atoms with Gasteiger partial charge in [0, 0.05) is 19.0 Å². The molecule has 0 bridgehead atoms. The van der Waals surface area contributed by atoms with Crippen LogP contribution in [0.25, 0.3) is 0 Å². The van der Waals surface area contributed by atoms with Gasteiger partial charge < -0.3 is 20.6 Å². The lowest BCUT2D eigenvalue weighted by Crippen LogP contribution is -2.44. The van der Waals surface area contributed by atoms with Crippen LogP contribution in [-0.4, -0.2) is 42.0 Å². The monoisotopic (exact) mass is 291 g/mol. The van der Waals surface area contributed by atoms with Gasteiger partial charge in [0.2, 0.25) is 0 Å². The maximum atomic E-state index is 12.7. The average molecular weight is 291 g/mol.